The summed E-state index contributed by atoms with van der Waals surface area (Å²) in [5.74, 6) is 1.44. The number of aromatic nitrogens is 3. The van der Waals surface area contributed by atoms with Crippen molar-refractivity contribution < 1.29 is 8.42 Å². The molecular weight excluding hydrogens is 374 g/mol. The molecule has 0 amide bonds. The van der Waals surface area contributed by atoms with Crippen LogP contribution < -0.4 is 5.32 Å². The first-order valence-electron chi connectivity index (χ1n) is 9.30. The van der Waals surface area contributed by atoms with Gasteiger partial charge in [-0.1, -0.05) is 30.3 Å². The number of anilines is 1. The number of imidazole rings is 1. The number of benzene rings is 1. The number of sulfonamides is 1. The minimum Gasteiger partial charge on any atom is -0.356 e. The van der Waals surface area contributed by atoms with Gasteiger partial charge < -0.3 is 9.88 Å². The van der Waals surface area contributed by atoms with Gasteiger partial charge in [0.15, 0.2) is 0 Å². The van der Waals surface area contributed by atoms with E-state index in [1.54, 1.807) is 18.3 Å². The fraction of sp³-hybridized carbons (Fsp3) is 0.300. The summed E-state index contributed by atoms with van der Waals surface area (Å²) in [4.78, 5) is 9.06. The number of aryl methyl sites for hydroxylation is 1. The lowest BCUT2D eigenvalue weighted by atomic mass is 10.1. The summed E-state index contributed by atoms with van der Waals surface area (Å²) in [7, 11) is -1.52. The fourth-order valence-corrected chi connectivity index (χ4v) is 4.90. The van der Waals surface area contributed by atoms with E-state index < -0.39 is 10.0 Å². The van der Waals surface area contributed by atoms with Crippen LogP contribution in [0.3, 0.4) is 0 Å². The van der Waals surface area contributed by atoms with Crippen molar-refractivity contribution in [2.75, 3.05) is 18.4 Å². The Kier molecular flexibility index (Phi) is 5.15. The van der Waals surface area contributed by atoms with Gasteiger partial charge in [0.05, 0.1) is 0 Å². The van der Waals surface area contributed by atoms with E-state index in [1.807, 2.05) is 48.1 Å². The minimum atomic E-state index is -3.46. The maximum absolute atomic E-state index is 12.7. The summed E-state index contributed by atoms with van der Waals surface area (Å²) in [5.41, 5.74) is 1.05. The maximum Gasteiger partial charge on any atom is 0.244 e. The lowest BCUT2D eigenvalue weighted by Gasteiger charge is -2.20. The zero-order valence-electron chi connectivity index (χ0n) is 15.7. The van der Waals surface area contributed by atoms with Crippen LogP contribution in [0.4, 0.5) is 5.82 Å². The largest absolute Gasteiger partial charge is 0.356 e. The molecule has 0 saturated carbocycles. The normalized spacial score (nSPS) is 16.2. The molecule has 1 aromatic carbocycles. The molecule has 3 aromatic rings. The number of pyridine rings is 1. The molecule has 1 unspecified atom stereocenters. The Morgan fingerprint density at radius 3 is 2.39 bits per heavy atom. The third-order valence-electron chi connectivity index (χ3n) is 4.98. The van der Waals surface area contributed by atoms with Crippen molar-refractivity contribution in [3.63, 3.8) is 0 Å². The van der Waals surface area contributed by atoms with Crippen LogP contribution in [0.5, 0.6) is 0 Å². The molecule has 1 atom stereocenters. The lowest BCUT2D eigenvalue weighted by molar-refractivity contribution is 0.477. The van der Waals surface area contributed by atoms with E-state index >= 15 is 0 Å². The predicted octanol–water partition coefficient (Wildman–Crippen LogP) is 2.80. The van der Waals surface area contributed by atoms with E-state index in [9.17, 15) is 8.42 Å². The van der Waals surface area contributed by atoms with Gasteiger partial charge in [0.1, 0.15) is 22.6 Å². The quantitative estimate of drug-likeness (QED) is 0.692. The molecule has 1 saturated heterocycles. The molecule has 3 heterocycles. The highest BCUT2D eigenvalue weighted by atomic mass is 32.2. The Hall–Kier alpha value is -2.71. The Morgan fingerprint density at radius 1 is 1.04 bits per heavy atom. The molecule has 0 bridgehead atoms. The Labute approximate surface area is 165 Å². The Morgan fingerprint density at radius 2 is 1.79 bits per heavy atom. The molecule has 4 rings (SSSR count). The van der Waals surface area contributed by atoms with E-state index in [0.29, 0.717) is 18.9 Å². The number of nitrogens with zero attached hydrogens (tertiary/aromatic N) is 4. The Bertz CT molecular complexity index is 1030. The van der Waals surface area contributed by atoms with Crippen LogP contribution >= 0.6 is 0 Å². The van der Waals surface area contributed by atoms with Crippen molar-refractivity contribution >= 4 is 15.8 Å². The molecule has 2 aromatic heterocycles. The third-order valence-corrected chi connectivity index (χ3v) is 6.86. The molecule has 1 aliphatic rings. The second kappa shape index (κ2) is 7.73. The molecule has 8 heteroatoms. The first kappa shape index (κ1) is 18.6. The first-order valence-corrected chi connectivity index (χ1v) is 10.7. The smallest absolute Gasteiger partial charge is 0.244 e. The van der Waals surface area contributed by atoms with Crippen molar-refractivity contribution in [1.82, 2.24) is 18.8 Å². The van der Waals surface area contributed by atoms with Gasteiger partial charge in [-0.15, -0.1) is 0 Å². The molecule has 28 heavy (non-hydrogen) atoms. The van der Waals surface area contributed by atoms with Crippen LogP contribution in [0.2, 0.25) is 0 Å². The van der Waals surface area contributed by atoms with Gasteiger partial charge in [-0.25, -0.2) is 18.4 Å². The molecular formula is C20H23N5O2S. The Balaban J connectivity index is 1.60. The van der Waals surface area contributed by atoms with E-state index in [1.165, 1.54) is 10.5 Å². The third kappa shape index (κ3) is 3.65. The second-order valence-corrected chi connectivity index (χ2v) is 8.81. The maximum atomic E-state index is 12.7. The topological polar surface area (TPSA) is 80.1 Å². The number of hydrogen-bond acceptors (Lipinski definition) is 5. The summed E-state index contributed by atoms with van der Waals surface area (Å²) in [6.45, 7) is 1.16. The monoisotopic (exact) mass is 397 g/mol. The summed E-state index contributed by atoms with van der Waals surface area (Å²) in [5, 5.41) is 3.38. The highest BCUT2D eigenvalue weighted by Crippen LogP contribution is 2.26. The highest BCUT2D eigenvalue weighted by molar-refractivity contribution is 7.89. The van der Waals surface area contributed by atoms with Gasteiger partial charge >= 0.3 is 0 Å². The van der Waals surface area contributed by atoms with Gasteiger partial charge in [0, 0.05) is 38.7 Å². The molecule has 7 nitrogen and oxygen atoms in total. The zero-order chi connectivity index (χ0) is 19.6. The molecule has 146 valence electrons. The van der Waals surface area contributed by atoms with E-state index in [-0.39, 0.29) is 10.9 Å². The van der Waals surface area contributed by atoms with Gasteiger partial charge in [-0.05, 0) is 30.5 Å². The number of rotatable bonds is 6. The molecule has 1 fully saturated rings. The summed E-state index contributed by atoms with van der Waals surface area (Å²) in [6.07, 6.45) is 6.90. The van der Waals surface area contributed by atoms with Crippen molar-refractivity contribution in [1.29, 1.82) is 0 Å². The van der Waals surface area contributed by atoms with Crippen molar-refractivity contribution in [2.45, 2.75) is 23.8 Å². The van der Waals surface area contributed by atoms with Gasteiger partial charge in [-0.2, -0.15) is 4.31 Å². The van der Waals surface area contributed by atoms with Crippen LogP contribution in [0.25, 0.3) is 0 Å². The van der Waals surface area contributed by atoms with Crippen LogP contribution in [-0.4, -0.2) is 40.3 Å². The van der Waals surface area contributed by atoms with Gasteiger partial charge in [-0.3, -0.25) is 0 Å². The number of nitrogens with one attached hydrogen (secondary N) is 1. The minimum absolute atomic E-state index is 0.199. The highest BCUT2D eigenvalue weighted by Gasteiger charge is 2.27. The fourth-order valence-electron chi connectivity index (χ4n) is 3.44. The number of hydrogen-bond donors (Lipinski definition) is 1. The van der Waals surface area contributed by atoms with Crippen molar-refractivity contribution in [2.24, 2.45) is 7.05 Å². The van der Waals surface area contributed by atoms with E-state index in [0.717, 1.165) is 24.2 Å². The van der Waals surface area contributed by atoms with Gasteiger partial charge in [0.2, 0.25) is 10.0 Å². The van der Waals surface area contributed by atoms with Crippen LogP contribution in [-0.2, 0) is 17.1 Å². The second-order valence-electron chi connectivity index (χ2n) is 6.87. The average Bonchev–Trinajstić information content (AvgIpc) is 3.40. The van der Waals surface area contributed by atoms with Crippen molar-refractivity contribution in [3.8, 4) is 0 Å². The van der Waals surface area contributed by atoms with E-state index in [2.05, 4.69) is 15.3 Å². The summed E-state index contributed by atoms with van der Waals surface area (Å²) < 4.78 is 28.8. The van der Waals surface area contributed by atoms with E-state index in [4.69, 9.17) is 0 Å². The predicted molar refractivity (Wildman–Crippen MR) is 107 cm³/mol. The van der Waals surface area contributed by atoms with Crippen molar-refractivity contribution in [3.05, 3.63) is 72.4 Å². The average molecular weight is 398 g/mol. The standard InChI is InChI=1S/C20H23N5O2S/c1-24-14-11-21-20(24)19(16-7-3-2-4-8-16)23-18-10-9-17(15-22-18)28(26,27)25-12-5-6-13-25/h2-4,7-11,14-15,19H,5-6,12-13H2,1H3,(H,22,23). The van der Waals surface area contributed by atoms with Crippen LogP contribution in [0.1, 0.15) is 30.3 Å². The SMILES string of the molecule is Cn1ccnc1C(Nc1ccc(S(=O)(=O)N2CCCC2)cn1)c1ccccc1. The zero-order valence-corrected chi connectivity index (χ0v) is 16.5. The van der Waals surface area contributed by atoms with Crippen LogP contribution in [0.15, 0.2) is 66.0 Å². The molecule has 0 spiro atoms. The lowest BCUT2D eigenvalue weighted by Crippen LogP contribution is -2.28. The first-order chi connectivity index (χ1) is 13.6. The molecule has 1 N–H and O–H groups in total. The molecule has 0 radical (unpaired) electrons. The summed E-state index contributed by atoms with van der Waals surface area (Å²) >= 11 is 0. The van der Waals surface area contributed by atoms with Crippen LogP contribution in [0, 0.1) is 0 Å². The molecule has 1 aliphatic heterocycles. The molecule has 0 aliphatic carbocycles. The summed E-state index contributed by atoms with van der Waals surface area (Å²) in [6, 6.07) is 13.1. The van der Waals surface area contributed by atoms with Gasteiger partial charge in [0.25, 0.3) is 0 Å².